The molecule has 1 fully saturated rings. The van der Waals surface area contributed by atoms with Crippen LogP contribution in [0.1, 0.15) is 75.5 Å². The van der Waals surface area contributed by atoms with Gasteiger partial charge in [0.1, 0.15) is 18.2 Å². The minimum Gasteiger partial charge on any atom is -0.489 e. The highest BCUT2D eigenvalue weighted by molar-refractivity contribution is 7.90. The number of halogens is 1. The molecule has 1 aromatic carbocycles. The SMILES string of the molecule is CC(C)(C)c1ccc(C(=O)NS(=O)(=O)c2cc(OCc3ccccc3)cc(NCCCC3CN(C(=O)O)C(C)(C)C3)n2)c(F)n1. The Kier molecular flexibility index (Phi) is 10.0. The highest BCUT2D eigenvalue weighted by atomic mass is 32.2. The van der Waals surface area contributed by atoms with E-state index in [2.05, 4.69) is 15.3 Å². The van der Waals surface area contributed by atoms with Gasteiger partial charge in [0.25, 0.3) is 15.9 Å². The molecule has 242 valence electrons. The summed E-state index contributed by atoms with van der Waals surface area (Å²) < 4.78 is 49.1. The minimum absolute atomic E-state index is 0.157. The van der Waals surface area contributed by atoms with Gasteiger partial charge in [-0.05, 0) is 56.7 Å². The second-order valence-corrected chi connectivity index (χ2v) is 14.5. The predicted molar refractivity (Wildman–Crippen MR) is 167 cm³/mol. The van der Waals surface area contributed by atoms with Crippen LogP contribution >= 0.6 is 0 Å². The zero-order valence-corrected chi connectivity index (χ0v) is 26.9. The van der Waals surface area contributed by atoms with Crippen LogP contribution in [-0.2, 0) is 22.0 Å². The van der Waals surface area contributed by atoms with Gasteiger partial charge in [0, 0.05) is 41.9 Å². The summed E-state index contributed by atoms with van der Waals surface area (Å²) in [6, 6.07) is 14.7. The summed E-state index contributed by atoms with van der Waals surface area (Å²) in [5.74, 6) is -1.66. The largest absolute Gasteiger partial charge is 0.489 e. The number of benzene rings is 1. The quantitative estimate of drug-likeness (QED) is 0.180. The Labute approximate surface area is 263 Å². The standard InChI is InChI=1S/C32H40FN5O6S/c1-31(2,3)25-14-13-24(28(33)35-25)29(39)37-45(42,43)27-17-23(44-20-21-10-7-6-8-11-21)16-26(36-27)34-15-9-12-22-18-32(4,5)38(19-22)30(40)41/h6-8,10-11,13-14,16-17,22H,9,12,15,18-20H2,1-5H3,(H,34,36)(H,37,39)(H,40,41). The molecule has 3 heterocycles. The maximum absolute atomic E-state index is 14.7. The summed E-state index contributed by atoms with van der Waals surface area (Å²) in [5, 5.41) is 12.1. The van der Waals surface area contributed by atoms with Crippen molar-refractivity contribution in [3.05, 3.63) is 77.4 Å². The number of sulfonamides is 1. The van der Waals surface area contributed by atoms with Gasteiger partial charge < -0.3 is 20.1 Å². The van der Waals surface area contributed by atoms with Crippen LogP contribution in [0.3, 0.4) is 0 Å². The number of carboxylic acid groups (broad SMARTS) is 1. The minimum atomic E-state index is -4.55. The number of rotatable bonds is 11. The van der Waals surface area contributed by atoms with Gasteiger partial charge in [0.05, 0.1) is 5.56 Å². The molecule has 0 saturated carbocycles. The molecule has 1 unspecified atom stereocenters. The van der Waals surface area contributed by atoms with Gasteiger partial charge >= 0.3 is 6.09 Å². The number of pyridine rings is 2. The number of carbonyl (C=O) groups excluding carboxylic acids is 1. The smallest absolute Gasteiger partial charge is 0.407 e. The van der Waals surface area contributed by atoms with Crippen LogP contribution in [-0.4, -0.2) is 59.0 Å². The fraction of sp³-hybridized carbons (Fsp3) is 0.438. The van der Waals surface area contributed by atoms with E-state index in [9.17, 15) is 27.5 Å². The lowest BCUT2D eigenvalue weighted by atomic mass is 9.91. The van der Waals surface area contributed by atoms with Crippen LogP contribution in [0.4, 0.5) is 15.0 Å². The van der Waals surface area contributed by atoms with Gasteiger partial charge in [0.15, 0.2) is 5.03 Å². The first kappa shape index (κ1) is 33.6. The number of hydrogen-bond acceptors (Lipinski definition) is 8. The lowest BCUT2D eigenvalue weighted by Crippen LogP contribution is -2.41. The molecule has 0 radical (unpaired) electrons. The van der Waals surface area contributed by atoms with E-state index in [1.165, 1.54) is 23.1 Å². The highest BCUT2D eigenvalue weighted by Gasteiger charge is 2.40. The molecule has 0 spiro atoms. The van der Waals surface area contributed by atoms with Crippen molar-refractivity contribution in [2.75, 3.05) is 18.4 Å². The van der Waals surface area contributed by atoms with Gasteiger partial charge in [0.2, 0.25) is 5.95 Å². The Balaban J connectivity index is 1.49. The van der Waals surface area contributed by atoms with E-state index in [0.29, 0.717) is 25.2 Å². The lowest BCUT2D eigenvalue weighted by molar-refractivity contribution is 0.0975. The van der Waals surface area contributed by atoms with Gasteiger partial charge in [-0.15, -0.1) is 0 Å². The third-order valence-electron chi connectivity index (χ3n) is 7.67. The summed E-state index contributed by atoms with van der Waals surface area (Å²) in [4.78, 5) is 34.0. The maximum Gasteiger partial charge on any atom is 0.407 e. The molecule has 1 aliphatic heterocycles. The third kappa shape index (κ3) is 8.68. The first-order valence-electron chi connectivity index (χ1n) is 14.7. The molecule has 13 heteroatoms. The van der Waals surface area contributed by atoms with Crippen LogP contribution in [0.5, 0.6) is 5.75 Å². The fourth-order valence-electron chi connectivity index (χ4n) is 5.31. The number of amides is 2. The summed E-state index contributed by atoms with van der Waals surface area (Å²) in [6.45, 7) is 10.4. The van der Waals surface area contributed by atoms with Crippen LogP contribution in [0.25, 0.3) is 0 Å². The predicted octanol–water partition coefficient (Wildman–Crippen LogP) is 5.58. The van der Waals surface area contributed by atoms with Gasteiger partial charge in [-0.3, -0.25) is 4.79 Å². The Morgan fingerprint density at radius 2 is 1.82 bits per heavy atom. The van der Waals surface area contributed by atoms with E-state index in [-0.39, 0.29) is 24.1 Å². The van der Waals surface area contributed by atoms with E-state index in [1.807, 2.05) is 69.7 Å². The number of likely N-dealkylation sites (tertiary alicyclic amines) is 1. The molecule has 4 rings (SSSR count). The monoisotopic (exact) mass is 641 g/mol. The molecule has 0 bridgehead atoms. The zero-order chi connectivity index (χ0) is 33.0. The Hall–Kier alpha value is -4.26. The average Bonchev–Trinajstić information content (AvgIpc) is 3.28. The Bertz CT molecular complexity index is 1640. The molecule has 11 nitrogen and oxygen atoms in total. The molecule has 1 saturated heterocycles. The summed E-state index contributed by atoms with van der Waals surface area (Å²) in [6.07, 6.45) is 1.26. The first-order chi connectivity index (χ1) is 21.0. The summed E-state index contributed by atoms with van der Waals surface area (Å²) in [5.41, 5.74) is -0.147. The second-order valence-electron chi connectivity index (χ2n) is 12.9. The van der Waals surface area contributed by atoms with Crippen LogP contribution < -0.4 is 14.8 Å². The van der Waals surface area contributed by atoms with Gasteiger partial charge in [-0.25, -0.2) is 19.5 Å². The number of carbonyl (C=O) groups is 2. The van der Waals surface area contributed by atoms with E-state index < -0.39 is 49.5 Å². The average molecular weight is 642 g/mol. The molecule has 3 aromatic rings. The number of anilines is 1. The molecular formula is C32H40FN5O6S. The van der Waals surface area contributed by atoms with Crippen molar-refractivity contribution in [3.8, 4) is 5.75 Å². The summed E-state index contributed by atoms with van der Waals surface area (Å²) >= 11 is 0. The Morgan fingerprint density at radius 3 is 2.44 bits per heavy atom. The van der Waals surface area contributed by atoms with Gasteiger partial charge in [-0.2, -0.15) is 12.8 Å². The number of ether oxygens (including phenoxy) is 1. The molecule has 1 aliphatic rings. The van der Waals surface area contributed by atoms with Crippen LogP contribution in [0.15, 0.2) is 59.6 Å². The van der Waals surface area contributed by atoms with Crippen molar-refractivity contribution in [3.63, 3.8) is 0 Å². The molecule has 2 aromatic heterocycles. The van der Waals surface area contributed by atoms with Crippen LogP contribution in [0.2, 0.25) is 0 Å². The van der Waals surface area contributed by atoms with Crippen molar-refractivity contribution < 1.29 is 32.2 Å². The molecular weight excluding hydrogens is 601 g/mol. The normalized spacial score (nSPS) is 16.3. The lowest BCUT2D eigenvalue weighted by Gasteiger charge is -2.28. The van der Waals surface area contributed by atoms with Gasteiger partial charge in [-0.1, -0.05) is 51.1 Å². The van der Waals surface area contributed by atoms with E-state index >= 15 is 0 Å². The zero-order valence-electron chi connectivity index (χ0n) is 26.1. The van der Waals surface area contributed by atoms with Crippen molar-refractivity contribution in [2.24, 2.45) is 5.92 Å². The maximum atomic E-state index is 14.7. The second kappa shape index (κ2) is 13.4. The highest BCUT2D eigenvalue weighted by Crippen LogP contribution is 2.35. The van der Waals surface area contributed by atoms with E-state index in [0.717, 1.165) is 18.4 Å². The van der Waals surface area contributed by atoms with Crippen molar-refractivity contribution in [2.45, 2.75) is 76.5 Å². The molecule has 1 atom stereocenters. The summed E-state index contributed by atoms with van der Waals surface area (Å²) in [7, 11) is -4.55. The van der Waals surface area contributed by atoms with Crippen molar-refractivity contribution in [1.29, 1.82) is 0 Å². The molecule has 0 aliphatic carbocycles. The van der Waals surface area contributed by atoms with E-state index in [1.54, 1.807) is 6.07 Å². The molecule has 45 heavy (non-hydrogen) atoms. The van der Waals surface area contributed by atoms with E-state index in [4.69, 9.17) is 4.74 Å². The van der Waals surface area contributed by atoms with Crippen molar-refractivity contribution >= 4 is 27.8 Å². The number of nitrogens with zero attached hydrogens (tertiary/aromatic N) is 3. The number of aromatic nitrogens is 2. The molecule has 2 amide bonds. The first-order valence-corrected chi connectivity index (χ1v) is 16.2. The molecule has 3 N–H and O–H groups in total. The topological polar surface area (TPSA) is 151 Å². The number of nitrogens with one attached hydrogen (secondary N) is 2. The van der Waals surface area contributed by atoms with Crippen LogP contribution in [0, 0.1) is 11.9 Å². The number of hydrogen-bond donors (Lipinski definition) is 3. The third-order valence-corrected chi connectivity index (χ3v) is 8.89. The Morgan fingerprint density at radius 1 is 1.11 bits per heavy atom. The fourth-order valence-corrected chi connectivity index (χ4v) is 6.26. The van der Waals surface area contributed by atoms with Crippen molar-refractivity contribution in [1.82, 2.24) is 19.6 Å².